The summed E-state index contributed by atoms with van der Waals surface area (Å²) in [5.41, 5.74) is 1.15. The Morgan fingerprint density at radius 2 is 1.68 bits per heavy atom. The van der Waals surface area contributed by atoms with Crippen LogP contribution in [0.4, 0.5) is 5.95 Å². The number of ether oxygens (including phenoxy) is 2. The predicted octanol–water partition coefficient (Wildman–Crippen LogP) is 2.96. The number of aromatic nitrogens is 5. The van der Waals surface area contributed by atoms with Crippen molar-refractivity contribution < 1.29 is 26.3 Å². The quantitative estimate of drug-likeness (QED) is 0.410. The highest BCUT2D eigenvalue weighted by Crippen LogP contribution is 2.40. The summed E-state index contributed by atoms with van der Waals surface area (Å²) in [5, 5.41) is 6.38. The molecule has 1 aliphatic rings. The third kappa shape index (κ3) is 5.32. The normalized spacial score (nSPS) is 18.9. The molecule has 1 N–H and O–H groups in total. The molecule has 3 heterocycles. The molecule has 4 rings (SSSR count). The molecule has 0 spiro atoms. The van der Waals surface area contributed by atoms with Gasteiger partial charge in [0.1, 0.15) is 28.3 Å². The van der Waals surface area contributed by atoms with Crippen LogP contribution in [-0.4, -0.2) is 66.8 Å². The number of hydrogen-bond acceptors (Lipinski definition) is 10. The third-order valence-electron chi connectivity index (χ3n) is 6.82. The first kappa shape index (κ1) is 27.8. The van der Waals surface area contributed by atoms with E-state index in [9.17, 15) is 16.8 Å². The van der Waals surface area contributed by atoms with Gasteiger partial charge in [-0.15, -0.1) is 10.2 Å². The highest BCUT2D eigenvalue weighted by Gasteiger charge is 2.38. The molecule has 0 amide bonds. The third-order valence-corrected chi connectivity index (χ3v) is 10.8. The van der Waals surface area contributed by atoms with Crippen molar-refractivity contribution in [3.05, 3.63) is 47.8 Å². The van der Waals surface area contributed by atoms with E-state index < -0.39 is 36.3 Å². The first-order chi connectivity index (χ1) is 18.0. The maximum absolute atomic E-state index is 13.6. The van der Waals surface area contributed by atoms with Gasteiger partial charge in [0.25, 0.3) is 0 Å². The van der Waals surface area contributed by atoms with Crippen LogP contribution in [0.2, 0.25) is 0 Å². The van der Waals surface area contributed by atoms with Crippen molar-refractivity contribution in [3.63, 3.8) is 0 Å². The number of hydrogen-bond donors (Lipinski definition) is 1. The number of rotatable bonds is 9. The van der Waals surface area contributed by atoms with Gasteiger partial charge < -0.3 is 9.47 Å². The zero-order valence-electron chi connectivity index (χ0n) is 21.9. The van der Waals surface area contributed by atoms with E-state index in [1.165, 1.54) is 18.8 Å². The predicted molar refractivity (Wildman–Crippen MR) is 142 cm³/mol. The second-order valence-corrected chi connectivity index (χ2v) is 13.7. The van der Waals surface area contributed by atoms with Gasteiger partial charge in [0, 0.05) is 18.3 Å². The van der Waals surface area contributed by atoms with Crippen molar-refractivity contribution in [1.82, 2.24) is 24.7 Å². The van der Waals surface area contributed by atoms with Crippen molar-refractivity contribution in [2.75, 3.05) is 24.7 Å². The Labute approximate surface area is 222 Å². The molecule has 0 aliphatic carbocycles. The number of para-hydroxylation sites is 1. The van der Waals surface area contributed by atoms with Crippen molar-refractivity contribution >= 4 is 25.8 Å². The molecule has 1 aliphatic heterocycles. The number of anilines is 1. The van der Waals surface area contributed by atoms with Crippen molar-refractivity contribution in [2.24, 2.45) is 0 Å². The van der Waals surface area contributed by atoms with Gasteiger partial charge in [-0.05, 0) is 44.4 Å². The molecule has 1 aromatic carbocycles. The van der Waals surface area contributed by atoms with E-state index in [0.717, 1.165) is 5.56 Å². The Hall–Kier alpha value is -3.26. The average Bonchev–Trinajstić information content (AvgIpc) is 3.28. The monoisotopic (exact) mass is 564 g/mol. The lowest BCUT2D eigenvalue weighted by Gasteiger charge is -2.24. The van der Waals surface area contributed by atoms with Gasteiger partial charge in [0.2, 0.25) is 16.0 Å². The second-order valence-electron chi connectivity index (χ2n) is 9.34. The number of sulfonamides is 1. The molecule has 38 heavy (non-hydrogen) atoms. The summed E-state index contributed by atoms with van der Waals surface area (Å²) in [4.78, 5) is 8.55. The minimum atomic E-state index is -4.07. The van der Waals surface area contributed by atoms with E-state index in [1.54, 1.807) is 44.4 Å². The summed E-state index contributed by atoms with van der Waals surface area (Å²) in [7, 11) is -4.71. The van der Waals surface area contributed by atoms with Gasteiger partial charge in [-0.3, -0.25) is 9.29 Å². The SMILES string of the molecule is COc1cccc(OC)c1-n1c(NS(=O)(=O)C(C)C(C)c2ncc(C)cn2)nnc1[C@H]1CCCCS1(=O)=O. The molecular weight excluding hydrogens is 532 g/mol. The lowest BCUT2D eigenvalue weighted by Crippen LogP contribution is -2.32. The fraction of sp³-hybridized carbons (Fsp3) is 0.500. The molecule has 0 bridgehead atoms. The van der Waals surface area contributed by atoms with E-state index in [0.29, 0.717) is 42.3 Å². The Kier molecular flexibility index (Phi) is 7.93. The zero-order chi connectivity index (χ0) is 27.7. The first-order valence-corrected chi connectivity index (χ1v) is 15.4. The lowest BCUT2D eigenvalue weighted by molar-refractivity contribution is 0.390. The number of sulfone groups is 1. The minimum Gasteiger partial charge on any atom is -0.494 e. The maximum Gasteiger partial charge on any atom is 0.243 e. The standard InChI is InChI=1S/C24H32N6O6S2/c1-15-13-25-22(26-14-15)16(2)17(3)38(33,34)29-24-28-27-23(20-11-6-7-12-37(20,31)32)30(24)21-18(35-4)9-8-10-19(21)36-5/h8-10,13-14,16-17,20H,6-7,11-12H2,1-5H3,(H,28,29)/t16?,17?,20-/m1/s1. The molecule has 3 atom stereocenters. The molecule has 1 saturated heterocycles. The van der Waals surface area contributed by atoms with Crippen LogP contribution in [0, 0.1) is 6.92 Å². The summed E-state index contributed by atoms with van der Waals surface area (Å²) in [6.07, 6.45) is 4.84. The summed E-state index contributed by atoms with van der Waals surface area (Å²) < 4.78 is 68.2. The Morgan fingerprint density at radius 1 is 1.05 bits per heavy atom. The van der Waals surface area contributed by atoms with Gasteiger partial charge in [-0.25, -0.2) is 26.8 Å². The van der Waals surface area contributed by atoms with Crippen LogP contribution < -0.4 is 14.2 Å². The fourth-order valence-corrected chi connectivity index (χ4v) is 7.55. The molecule has 14 heteroatoms. The molecule has 3 aromatic rings. The smallest absolute Gasteiger partial charge is 0.243 e. The summed E-state index contributed by atoms with van der Waals surface area (Å²) in [6, 6.07) is 5.03. The van der Waals surface area contributed by atoms with E-state index in [4.69, 9.17) is 9.47 Å². The first-order valence-electron chi connectivity index (χ1n) is 12.2. The molecular formula is C24H32N6O6S2. The Balaban J connectivity index is 1.83. The Bertz CT molecular complexity index is 1480. The summed E-state index contributed by atoms with van der Waals surface area (Å²) in [5.74, 6) is 0.417. The van der Waals surface area contributed by atoms with E-state index in [2.05, 4.69) is 24.9 Å². The van der Waals surface area contributed by atoms with Crippen LogP contribution in [0.15, 0.2) is 30.6 Å². The van der Waals surface area contributed by atoms with Crippen LogP contribution in [0.1, 0.15) is 61.5 Å². The zero-order valence-corrected chi connectivity index (χ0v) is 23.6. The van der Waals surface area contributed by atoms with Gasteiger partial charge >= 0.3 is 0 Å². The van der Waals surface area contributed by atoms with Crippen LogP contribution >= 0.6 is 0 Å². The van der Waals surface area contributed by atoms with Gasteiger partial charge in [0.15, 0.2) is 15.7 Å². The Morgan fingerprint density at radius 3 is 2.26 bits per heavy atom. The molecule has 2 unspecified atom stereocenters. The number of nitrogens with zero attached hydrogens (tertiary/aromatic N) is 5. The number of benzene rings is 1. The van der Waals surface area contributed by atoms with Gasteiger partial charge in [-0.2, -0.15) is 0 Å². The number of methoxy groups -OCH3 is 2. The van der Waals surface area contributed by atoms with Crippen LogP contribution in [0.25, 0.3) is 5.69 Å². The lowest BCUT2D eigenvalue weighted by atomic mass is 10.1. The van der Waals surface area contributed by atoms with Crippen LogP contribution in [0.5, 0.6) is 11.5 Å². The molecule has 12 nitrogen and oxygen atoms in total. The van der Waals surface area contributed by atoms with Crippen LogP contribution in [0.3, 0.4) is 0 Å². The van der Waals surface area contributed by atoms with Gasteiger partial charge in [-0.1, -0.05) is 19.4 Å². The molecule has 206 valence electrons. The average molecular weight is 565 g/mol. The second kappa shape index (κ2) is 10.8. The molecule has 0 saturated carbocycles. The minimum absolute atomic E-state index is 0.0136. The summed E-state index contributed by atoms with van der Waals surface area (Å²) >= 11 is 0. The highest BCUT2D eigenvalue weighted by molar-refractivity contribution is 7.93. The van der Waals surface area contributed by atoms with Crippen LogP contribution in [-0.2, 0) is 19.9 Å². The molecule has 0 radical (unpaired) electrons. The van der Waals surface area contributed by atoms with E-state index in [-0.39, 0.29) is 17.5 Å². The summed E-state index contributed by atoms with van der Waals surface area (Å²) in [6.45, 7) is 5.12. The molecule has 1 fully saturated rings. The number of aryl methyl sites for hydroxylation is 1. The van der Waals surface area contributed by atoms with Crippen molar-refractivity contribution in [3.8, 4) is 17.2 Å². The topological polar surface area (TPSA) is 155 Å². The molecule has 2 aromatic heterocycles. The van der Waals surface area contributed by atoms with E-state index >= 15 is 0 Å². The van der Waals surface area contributed by atoms with Crippen molar-refractivity contribution in [1.29, 1.82) is 0 Å². The number of nitrogens with one attached hydrogen (secondary N) is 1. The highest BCUT2D eigenvalue weighted by atomic mass is 32.2. The largest absolute Gasteiger partial charge is 0.494 e. The van der Waals surface area contributed by atoms with Crippen molar-refractivity contribution in [2.45, 2.75) is 56.5 Å². The van der Waals surface area contributed by atoms with Gasteiger partial charge in [0.05, 0.1) is 25.2 Å². The van der Waals surface area contributed by atoms with E-state index in [1.807, 2.05) is 6.92 Å². The maximum atomic E-state index is 13.6. The fourth-order valence-electron chi connectivity index (χ4n) is 4.42.